The van der Waals surface area contributed by atoms with Crippen LogP contribution in [0, 0.1) is 0 Å². The minimum absolute atomic E-state index is 0.268. The first-order valence-electron chi connectivity index (χ1n) is 7.20. The van der Waals surface area contributed by atoms with Crippen LogP contribution in [0.15, 0.2) is 48.5 Å². The highest BCUT2D eigenvalue weighted by molar-refractivity contribution is 5.90. The Morgan fingerprint density at radius 2 is 1.17 bits per heavy atom. The zero-order valence-corrected chi connectivity index (χ0v) is 13.3. The van der Waals surface area contributed by atoms with Crippen molar-refractivity contribution >= 4 is 11.9 Å². The van der Waals surface area contributed by atoms with Crippen LogP contribution in [0.25, 0.3) is 0 Å². The van der Waals surface area contributed by atoms with Gasteiger partial charge in [-0.25, -0.2) is 9.59 Å². The summed E-state index contributed by atoms with van der Waals surface area (Å²) in [5.74, 6) is -1.07. The van der Waals surface area contributed by atoms with Crippen molar-refractivity contribution in [2.24, 2.45) is 0 Å². The van der Waals surface area contributed by atoms with Gasteiger partial charge in [0.05, 0.1) is 25.3 Å². The molecule has 2 aromatic rings. The quantitative estimate of drug-likeness (QED) is 0.815. The van der Waals surface area contributed by atoms with Gasteiger partial charge in [-0.1, -0.05) is 24.3 Å². The van der Waals surface area contributed by atoms with Crippen molar-refractivity contribution in [2.75, 3.05) is 14.2 Å². The van der Waals surface area contributed by atoms with Crippen molar-refractivity contribution in [1.82, 2.24) is 0 Å². The van der Waals surface area contributed by atoms with Crippen LogP contribution in [0.5, 0.6) is 0 Å². The lowest BCUT2D eigenvalue weighted by molar-refractivity contribution is 0.0170. The molecule has 24 heavy (non-hydrogen) atoms. The number of ether oxygens (including phenoxy) is 2. The van der Waals surface area contributed by atoms with Crippen LogP contribution in [-0.4, -0.2) is 36.4 Å². The SMILES string of the molecule is COC(=O)c1cccc([C@@H](O)[C@H](O)c2cccc(C(=O)OC)c2)c1. The van der Waals surface area contributed by atoms with Gasteiger partial charge in [0.15, 0.2) is 0 Å². The lowest BCUT2D eigenvalue weighted by Gasteiger charge is -2.19. The molecule has 0 saturated heterocycles. The van der Waals surface area contributed by atoms with Gasteiger partial charge in [-0.3, -0.25) is 0 Å². The largest absolute Gasteiger partial charge is 0.465 e. The van der Waals surface area contributed by atoms with Gasteiger partial charge < -0.3 is 19.7 Å². The maximum absolute atomic E-state index is 11.6. The normalized spacial score (nSPS) is 13.0. The third-order valence-corrected chi connectivity index (χ3v) is 3.60. The first kappa shape index (κ1) is 17.7. The molecule has 6 heteroatoms. The molecule has 0 saturated carbocycles. The van der Waals surface area contributed by atoms with E-state index < -0.39 is 24.1 Å². The molecule has 126 valence electrons. The number of hydrogen-bond donors (Lipinski definition) is 2. The second kappa shape index (κ2) is 7.72. The molecule has 0 unspecified atom stereocenters. The zero-order chi connectivity index (χ0) is 17.7. The Balaban J connectivity index is 2.28. The summed E-state index contributed by atoms with van der Waals surface area (Å²) in [4.78, 5) is 23.1. The fraction of sp³-hybridized carbons (Fsp3) is 0.222. The van der Waals surface area contributed by atoms with E-state index in [0.29, 0.717) is 11.1 Å². The Morgan fingerprint density at radius 1 is 0.792 bits per heavy atom. The van der Waals surface area contributed by atoms with Crippen LogP contribution in [0.1, 0.15) is 44.1 Å². The molecular formula is C18H18O6. The summed E-state index contributed by atoms with van der Waals surface area (Å²) in [5.41, 5.74) is 1.25. The molecule has 0 aliphatic heterocycles. The molecule has 2 aromatic carbocycles. The Labute approximate surface area is 139 Å². The van der Waals surface area contributed by atoms with Crippen molar-refractivity contribution in [3.63, 3.8) is 0 Å². The van der Waals surface area contributed by atoms with Crippen LogP contribution in [0.2, 0.25) is 0 Å². The summed E-state index contributed by atoms with van der Waals surface area (Å²) in [6.45, 7) is 0. The number of benzene rings is 2. The molecule has 2 N–H and O–H groups in total. The molecule has 6 nitrogen and oxygen atoms in total. The van der Waals surface area contributed by atoms with E-state index in [1.807, 2.05) is 0 Å². The van der Waals surface area contributed by atoms with E-state index in [1.165, 1.54) is 26.4 Å². The van der Waals surface area contributed by atoms with E-state index in [2.05, 4.69) is 9.47 Å². The molecule has 0 aliphatic carbocycles. The van der Waals surface area contributed by atoms with Gasteiger partial charge in [0.25, 0.3) is 0 Å². The van der Waals surface area contributed by atoms with Crippen LogP contribution in [0.4, 0.5) is 0 Å². The van der Waals surface area contributed by atoms with Gasteiger partial charge in [-0.15, -0.1) is 0 Å². The predicted octanol–water partition coefficient (Wildman–Crippen LogP) is 2.03. The number of methoxy groups -OCH3 is 2. The lowest BCUT2D eigenvalue weighted by atomic mass is 9.96. The van der Waals surface area contributed by atoms with E-state index in [-0.39, 0.29) is 11.1 Å². The molecular weight excluding hydrogens is 312 g/mol. The third kappa shape index (κ3) is 3.79. The number of carbonyl (C=O) groups is 2. The van der Waals surface area contributed by atoms with Gasteiger partial charge in [-0.05, 0) is 35.4 Å². The Kier molecular flexibility index (Phi) is 5.68. The highest BCUT2D eigenvalue weighted by Gasteiger charge is 2.22. The van der Waals surface area contributed by atoms with E-state index in [0.717, 1.165) is 0 Å². The second-order valence-corrected chi connectivity index (χ2v) is 5.12. The smallest absolute Gasteiger partial charge is 0.337 e. The molecule has 0 fully saturated rings. The van der Waals surface area contributed by atoms with Gasteiger partial charge in [-0.2, -0.15) is 0 Å². The minimum Gasteiger partial charge on any atom is -0.465 e. The minimum atomic E-state index is -1.28. The fourth-order valence-electron chi connectivity index (χ4n) is 2.30. The number of aliphatic hydroxyl groups is 2. The van der Waals surface area contributed by atoms with Crippen LogP contribution >= 0.6 is 0 Å². The fourth-order valence-corrected chi connectivity index (χ4v) is 2.30. The summed E-state index contributed by atoms with van der Waals surface area (Å²) in [6, 6.07) is 12.3. The van der Waals surface area contributed by atoms with Gasteiger partial charge in [0.2, 0.25) is 0 Å². The first-order valence-corrected chi connectivity index (χ1v) is 7.20. The molecule has 0 radical (unpaired) electrons. The van der Waals surface area contributed by atoms with Crippen LogP contribution in [-0.2, 0) is 9.47 Å². The topological polar surface area (TPSA) is 93.1 Å². The second-order valence-electron chi connectivity index (χ2n) is 5.12. The Bertz CT molecular complexity index is 676. The number of hydrogen-bond acceptors (Lipinski definition) is 6. The van der Waals surface area contributed by atoms with E-state index >= 15 is 0 Å². The van der Waals surface area contributed by atoms with Crippen LogP contribution < -0.4 is 0 Å². The summed E-state index contributed by atoms with van der Waals surface area (Å²) < 4.78 is 9.27. The molecule has 0 spiro atoms. The van der Waals surface area contributed by atoms with Gasteiger partial charge in [0, 0.05) is 0 Å². The Morgan fingerprint density at radius 3 is 1.50 bits per heavy atom. The molecule has 0 aliphatic rings. The van der Waals surface area contributed by atoms with Crippen molar-refractivity contribution < 1.29 is 29.3 Å². The maximum Gasteiger partial charge on any atom is 0.337 e. The molecule has 2 atom stereocenters. The average molecular weight is 330 g/mol. The monoisotopic (exact) mass is 330 g/mol. The highest BCUT2D eigenvalue weighted by atomic mass is 16.5. The summed E-state index contributed by atoms with van der Waals surface area (Å²) in [5, 5.41) is 20.8. The standard InChI is InChI=1S/C18H18O6/c1-23-17(21)13-7-3-5-11(9-13)15(19)16(20)12-6-4-8-14(10-12)18(22)24-2/h3-10,15-16,19-20H,1-2H3/t15-,16-/m1/s1. The number of carbonyl (C=O) groups excluding carboxylic acids is 2. The molecule has 0 aromatic heterocycles. The van der Waals surface area contributed by atoms with Crippen molar-refractivity contribution in [2.45, 2.75) is 12.2 Å². The molecule has 0 amide bonds. The van der Waals surface area contributed by atoms with Crippen molar-refractivity contribution in [3.8, 4) is 0 Å². The third-order valence-electron chi connectivity index (χ3n) is 3.60. The van der Waals surface area contributed by atoms with E-state index in [4.69, 9.17) is 0 Å². The average Bonchev–Trinajstić information content (AvgIpc) is 2.65. The van der Waals surface area contributed by atoms with Crippen molar-refractivity contribution in [1.29, 1.82) is 0 Å². The van der Waals surface area contributed by atoms with Gasteiger partial charge in [0.1, 0.15) is 12.2 Å². The zero-order valence-electron chi connectivity index (χ0n) is 13.3. The summed E-state index contributed by atoms with van der Waals surface area (Å²) in [6.07, 6.45) is -2.55. The first-order chi connectivity index (χ1) is 11.5. The van der Waals surface area contributed by atoms with Crippen molar-refractivity contribution in [3.05, 3.63) is 70.8 Å². The van der Waals surface area contributed by atoms with E-state index in [9.17, 15) is 19.8 Å². The molecule has 0 bridgehead atoms. The number of aliphatic hydroxyl groups excluding tert-OH is 2. The molecule has 0 heterocycles. The highest BCUT2D eigenvalue weighted by Crippen LogP contribution is 2.29. The van der Waals surface area contributed by atoms with Gasteiger partial charge >= 0.3 is 11.9 Å². The number of esters is 2. The van der Waals surface area contributed by atoms with Crippen LogP contribution in [0.3, 0.4) is 0 Å². The van der Waals surface area contributed by atoms with E-state index in [1.54, 1.807) is 36.4 Å². The Hall–Kier alpha value is -2.70. The maximum atomic E-state index is 11.6. The lowest BCUT2D eigenvalue weighted by Crippen LogP contribution is -2.12. The summed E-state index contributed by atoms with van der Waals surface area (Å²) in [7, 11) is 2.52. The predicted molar refractivity (Wildman–Crippen MR) is 85.5 cm³/mol. The molecule has 2 rings (SSSR count). The number of rotatable bonds is 5. The summed E-state index contributed by atoms with van der Waals surface area (Å²) >= 11 is 0.